The van der Waals surface area contributed by atoms with Crippen molar-refractivity contribution in [3.63, 3.8) is 0 Å². The maximum Gasteiger partial charge on any atom is 0.416 e. The van der Waals surface area contributed by atoms with Gasteiger partial charge in [-0.25, -0.2) is 4.79 Å². The lowest BCUT2D eigenvalue weighted by atomic mass is 10.1. The van der Waals surface area contributed by atoms with E-state index in [4.69, 9.17) is 4.84 Å². The molecule has 29 heavy (non-hydrogen) atoms. The van der Waals surface area contributed by atoms with Crippen molar-refractivity contribution in [2.45, 2.75) is 6.18 Å². The zero-order chi connectivity index (χ0) is 20.4. The van der Waals surface area contributed by atoms with Gasteiger partial charge in [-0.1, -0.05) is 18.2 Å². The first kappa shape index (κ1) is 19.4. The van der Waals surface area contributed by atoms with Crippen LogP contribution in [0, 0.1) is 0 Å². The number of halogens is 3. The molecule has 154 valence electrons. The summed E-state index contributed by atoms with van der Waals surface area (Å²) < 4.78 is 38.8. The third kappa shape index (κ3) is 4.24. The number of anilines is 2. The fourth-order valence-corrected chi connectivity index (χ4v) is 3.60. The molecule has 2 heterocycles. The van der Waals surface area contributed by atoms with Crippen molar-refractivity contribution in [3.8, 4) is 5.75 Å². The van der Waals surface area contributed by atoms with Crippen LogP contribution in [-0.2, 0) is 6.18 Å². The number of hydrogen-bond donors (Lipinski definition) is 1. The van der Waals surface area contributed by atoms with Gasteiger partial charge in [0.15, 0.2) is 5.75 Å². The second kappa shape index (κ2) is 7.82. The number of rotatable bonds is 4. The molecule has 2 aliphatic heterocycles. The number of para-hydroxylation sites is 2. The highest BCUT2D eigenvalue weighted by atomic mass is 19.4. The average molecular weight is 406 g/mol. The van der Waals surface area contributed by atoms with E-state index in [9.17, 15) is 18.0 Å². The number of urea groups is 1. The van der Waals surface area contributed by atoms with Gasteiger partial charge in [0.25, 0.3) is 0 Å². The van der Waals surface area contributed by atoms with Gasteiger partial charge < -0.3 is 9.74 Å². The number of hydroxylamine groups is 1. The third-order valence-electron chi connectivity index (χ3n) is 5.20. The maximum atomic E-state index is 12.9. The van der Waals surface area contributed by atoms with E-state index in [0.717, 1.165) is 11.8 Å². The second-order valence-corrected chi connectivity index (χ2v) is 7.01. The van der Waals surface area contributed by atoms with Crippen molar-refractivity contribution in [1.82, 2.24) is 10.4 Å². The Kier molecular flexibility index (Phi) is 5.23. The van der Waals surface area contributed by atoms with E-state index in [-0.39, 0.29) is 6.03 Å². The molecule has 1 saturated heterocycles. The first-order valence-electron chi connectivity index (χ1n) is 9.40. The van der Waals surface area contributed by atoms with Gasteiger partial charge >= 0.3 is 12.2 Å². The largest absolute Gasteiger partial charge is 0.416 e. The highest BCUT2D eigenvalue weighted by Gasteiger charge is 2.31. The summed E-state index contributed by atoms with van der Waals surface area (Å²) in [7, 11) is 0. The Morgan fingerprint density at radius 3 is 2.48 bits per heavy atom. The Bertz CT molecular complexity index is 882. The fraction of sp³-hybridized carbons (Fsp3) is 0.350. The summed E-state index contributed by atoms with van der Waals surface area (Å²) in [5.41, 5.74) is 3.07. The summed E-state index contributed by atoms with van der Waals surface area (Å²) in [5.74, 6) is 0.599. The molecule has 0 radical (unpaired) electrons. The highest BCUT2D eigenvalue weighted by Crippen LogP contribution is 2.32. The minimum absolute atomic E-state index is 0.314. The molecule has 9 heteroatoms. The zero-order valence-corrected chi connectivity index (χ0v) is 15.7. The van der Waals surface area contributed by atoms with Crippen LogP contribution >= 0.6 is 0 Å². The monoisotopic (exact) mass is 406 g/mol. The topological polar surface area (TPSA) is 48.1 Å². The molecular weight excluding hydrogens is 385 g/mol. The van der Waals surface area contributed by atoms with Crippen LogP contribution in [0.25, 0.3) is 0 Å². The number of carbonyl (C=O) groups is 1. The first-order chi connectivity index (χ1) is 13.9. The number of fused-ring (bicyclic) bond motifs is 1. The predicted molar refractivity (Wildman–Crippen MR) is 103 cm³/mol. The number of nitrogens with one attached hydrogen (secondary N) is 1. The van der Waals surface area contributed by atoms with E-state index in [1.54, 1.807) is 17.0 Å². The van der Waals surface area contributed by atoms with Crippen LogP contribution in [0.2, 0.25) is 0 Å². The standard InChI is InChI=1S/C20H21F3N4O2/c21-20(22,23)15-4-3-5-16(14-15)26-11-8-25(9-12-26)10-13-27-17-6-1-2-7-18(17)29-24-19(27)28/h1-7,14H,8-13H2,(H,24,28). The summed E-state index contributed by atoms with van der Waals surface area (Å²) in [5, 5.41) is 0. The average Bonchev–Trinajstić information content (AvgIpc) is 2.73. The molecule has 0 bridgehead atoms. The molecule has 6 nitrogen and oxygen atoms in total. The molecule has 2 aromatic carbocycles. The van der Waals surface area contributed by atoms with Gasteiger partial charge in [0.1, 0.15) is 0 Å². The summed E-state index contributed by atoms with van der Waals surface area (Å²) >= 11 is 0. The minimum atomic E-state index is -4.34. The number of piperazine rings is 1. The van der Waals surface area contributed by atoms with Crippen LogP contribution in [0.1, 0.15) is 5.56 Å². The molecular formula is C20H21F3N4O2. The van der Waals surface area contributed by atoms with Gasteiger partial charge in [0.2, 0.25) is 0 Å². The number of amides is 2. The van der Waals surface area contributed by atoms with E-state index in [1.807, 2.05) is 23.1 Å². The van der Waals surface area contributed by atoms with Gasteiger partial charge in [-0.3, -0.25) is 9.80 Å². The van der Waals surface area contributed by atoms with Crippen LogP contribution in [0.4, 0.5) is 29.3 Å². The molecule has 0 atom stereocenters. The number of nitrogens with zero attached hydrogens (tertiary/aromatic N) is 3. The van der Waals surface area contributed by atoms with Gasteiger partial charge in [-0.2, -0.15) is 18.7 Å². The molecule has 0 aromatic heterocycles. The van der Waals surface area contributed by atoms with Crippen molar-refractivity contribution in [2.24, 2.45) is 0 Å². The van der Waals surface area contributed by atoms with E-state index >= 15 is 0 Å². The SMILES string of the molecule is O=C1NOc2ccccc2N1CCN1CCN(c2cccc(C(F)(F)F)c2)CC1. The fourth-order valence-electron chi connectivity index (χ4n) is 3.60. The smallest absolute Gasteiger partial charge is 0.376 e. The molecule has 1 fully saturated rings. The molecule has 4 rings (SSSR count). The van der Waals surface area contributed by atoms with E-state index in [2.05, 4.69) is 10.4 Å². The summed E-state index contributed by atoms with van der Waals surface area (Å²) in [6, 6.07) is 12.4. The van der Waals surface area contributed by atoms with Crippen molar-refractivity contribution in [2.75, 3.05) is 49.1 Å². The number of carbonyl (C=O) groups excluding carboxylic acids is 1. The Hall–Kier alpha value is -2.94. The summed E-state index contributed by atoms with van der Waals surface area (Å²) in [6.07, 6.45) is -4.34. The van der Waals surface area contributed by atoms with Crippen LogP contribution in [0.15, 0.2) is 48.5 Å². The third-order valence-corrected chi connectivity index (χ3v) is 5.20. The Labute approximate surface area is 166 Å². The quantitative estimate of drug-likeness (QED) is 0.846. The normalized spacial score (nSPS) is 17.6. The van der Waals surface area contributed by atoms with Crippen LogP contribution < -0.4 is 20.1 Å². The number of benzene rings is 2. The molecule has 2 aliphatic rings. The second-order valence-electron chi connectivity index (χ2n) is 7.01. The van der Waals surface area contributed by atoms with Gasteiger partial charge in [0, 0.05) is 45.0 Å². The van der Waals surface area contributed by atoms with E-state index in [0.29, 0.717) is 50.7 Å². The van der Waals surface area contributed by atoms with Crippen molar-refractivity contribution in [3.05, 3.63) is 54.1 Å². The Morgan fingerprint density at radius 2 is 1.72 bits per heavy atom. The highest BCUT2D eigenvalue weighted by molar-refractivity contribution is 5.94. The molecule has 2 aromatic rings. The Morgan fingerprint density at radius 1 is 0.966 bits per heavy atom. The molecule has 0 spiro atoms. The molecule has 0 unspecified atom stereocenters. The van der Waals surface area contributed by atoms with Gasteiger partial charge in [0.05, 0.1) is 11.3 Å². The van der Waals surface area contributed by atoms with Gasteiger partial charge in [-0.15, -0.1) is 0 Å². The van der Waals surface area contributed by atoms with Crippen LogP contribution in [0.5, 0.6) is 5.75 Å². The lowest BCUT2D eigenvalue weighted by Gasteiger charge is -2.37. The molecule has 0 aliphatic carbocycles. The Balaban J connectivity index is 1.34. The van der Waals surface area contributed by atoms with Crippen molar-refractivity contribution < 1.29 is 22.8 Å². The number of hydrogen-bond acceptors (Lipinski definition) is 4. The lowest BCUT2D eigenvalue weighted by Crippen LogP contribution is -2.51. The lowest BCUT2D eigenvalue weighted by molar-refractivity contribution is -0.137. The zero-order valence-electron chi connectivity index (χ0n) is 15.7. The van der Waals surface area contributed by atoms with Crippen LogP contribution in [-0.4, -0.2) is 50.2 Å². The maximum absolute atomic E-state index is 12.9. The minimum Gasteiger partial charge on any atom is -0.376 e. The molecule has 2 amide bonds. The molecule has 1 N–H and O–H groups in total. The first-order valence-corrected chi connectivity index (χ1v) is 9.40. The van der Waals surface area contributed by atoms with E-state index < -0.39 is 11.7 Å². The van der Waals surface area contributed by atoms with Crippen molar-refractivity contribution >= 4 is 17.4 Å². The summed E-state index contributed by atoms with van der Waals surface area (Å²) in [4.78, 5) is 23.2. The van der Waals surface area contributed by atoms with Crippen LogP contribution in [0.3, 0.4) is 0 Å². The van der Waals surface area contributed by atoms with Crippen molar-refractivity contribution in [1.29, 1.82) is 0 Å². The summed E-state index contributed by atoms with van der Waals surface area (Å²) in [6.45, 7) is 3.85. The van der Waals surface area contributed by atoms with Gasteiger partial charge in [-0.05, 0) is 30.3 Å². The molecule has 0 saturated carbocycles. The number of alkyl halides is 3. The predicted octanol–water partition coefficient (Wildman–Crippen LogP) is 3.35. The van der Waals surface area contributed by atoms with E-state index in [1.165, 1.54) is 12.1 Å².